The Bertz CT molecular complexity index is 3110. The number of rotatable bonds is 7. The predicted molar refractivity (Wildman–Crippen MR) is 235 cm³/mol. The smallest absolute Gasteiger partial charge is 0.139 e. The molecule has 0 aliphatic carbocycles. The molecule has 0 spiro atoms. The van der Waals surface area contributed by atoms with Crippen molar-refractivity contribution < 1.29 is 4.42 Å². The van der Waals surface area contributed by atoms with Crippen LogP contribution in [0.15, 0.2) is 217 Å². The van der Waals surface area contributed by atoms with Gasteiger partial charge in [-0.3, -0.25) is 0 Å². The first-order valence-corrected chi connectivity index (χ1v) is 19.0. The van der Waals surface area contributed by atoms with Crippen LogP contribution >= 0.6 is 0 Å². The van der Waals surface area contributed by atoms with Crippen LogP contribution in [0.2, 0.25) is 0 Å². The summed E-state index contributed by atoms with van der Waals surface area (Å²) in [5.41, 5.74) is 11.3. The summed E-state index contributed by atoms with van der Waals surface area (Å²) in [4.78, 5) is 4.64. The molecule has 11 aromatic rings. The van der Waals surface area contributed by atoms with E-state index in [2.05, 4.69) is 227 Å². The van der Waals surface area contributed by atoms with Crippen molar-refractivity contribution in [1.29, 1.82) is 0 Å². The number of hydrogen-bond donors (Lipinski definition) is 0. The number of nitrogens with zero attached hydrogens (tertiary/aromatic N) is 3. The Balaban J connectivity index is 1.22. The van der Waals surface area contributed by atoms with Gasteiger partial charge in [0.2, 0.25) is 0 Å². The predicted octanol–water partition coefficient (Wildman–Crippen LogP) is 14.8. The standard InChI is InChI=1S/C52H35N3O/c1-5-18-37(19-6-1)53(38-20-7-2-8-21-38)41-30-31-45-49(34-41)56-50-35-42(33-48(52(45)50)54(39-22-9-3-10-23-39)40-24-11-4-12-25-40)55-46-28-16-15-27-44(46)51-43-26-14-13-17-36(43)29-32-47(51)55/h1-35H. The fourth-order valence-corrected chi connectivity index (χ4v) is 8.50. The molecular weight excluding hydrogens is 683 g/mol. The third kappa shape index (κ3) is 5.15. The lowest BCUT2D eigenvalue weighted by atomic mass is 10.0. The third-order valence-corrected chi connectivity index (χ3v) is 10.9. The molecule has 0 fully saturated rings. The number of fused-ring (bicyclic) bond motifs is 8. The van der Waals surface area contributed by atoms with E-state index in [1.807, 2.05) is 0 Å². The van der Waals surface area contributed by atoms with Gasteiger partial charge in [-0.05, 0) is 89.6 Å². The van der Waals surface area contributed by atoms with Gasteiger partial charge in [0, 0.05) is 56.7 Å². The summed E-state index contributed by atoms with van der Waals surface area (Å²) in [7, 11) is 0. The van der Waals surface area contributed by atoms with E-state index in [0.717, 1.165) is 72.8 Å². The van der Waals surface area contributed by atoms with Crippen molar-refractivity contribution in [3.8, 4) is 5.69 Å². The van der Waals surface area contributed by atoms with Crippen LogP contribution in [0.5, 0.6) is 0 Å². The number of aromatic nitrogens is 1. The largest absolute Gasteiger partial charge is 0.456 e. The summed E-state index contributed by atoms with van der Waals surface area (Å²) in [6.07, 6.45) is 0. The highest BCUT2D eigenvalue weighted by Gasteiger charge is 2.24. The van der Waals surface area contributed by atoms with Gasteiger partial charge in [0.15, 0.2) is 0 Å². The summed E-state index contributed by atoms with van der Waals surface area (Å²) in [6, 6.07) is 75.4. The van der Waals surface area contributed by atoms with Crippen molar-refractivity contribution in [3.63, 3.8) is 0 Å². The molecule has 9 aromatic carbocycles. The number of furan rings is 1. The minimum atomic E-state index is 0.819. The van der Waals surface area contributed by atoms with E-state index in [1.54, 1.807) is 0 Å². The van der Waals surface area contributed by atoms with Crippen LogP contribution < -0.4 is 9.80 Å². The summed E-state index contributed by atoms with van der Waals surface area (Å²) in [5.74, 6) is 0. The van der Waals surface area contributed by atoms with E-state index >= 15 is 0 Å². The van der Waals surface area contributed by atoms with Crippen molar-refractivity contribution >= 4 is 88.6 Å². The van der Waals surface area contributed by atoms with Crippen LogP contribution in [0.4, 0.5) is 34.1 Å². The van der Waals surface area contributed by atoms with Crippen molar-refractivity contribution in [3.05, 3.63) is 212 Å². The molecule has 4 heteroatoms. The molecule has 2 heterocycles. The normalized spacial score (nSPS) is 11.6. The zero-order valence-electron chi connectivity index (χ0n) is 30.5. The van der Waals surface area contributed by atoms with Crippen molar-refractivity contribution in [2.45, 2.75) is 0 Å². The summed E-state index contributed by atoms with van der Waals surface area (Å²) in [6.45, 7) is 0. The molecular formula is C52H35N3O. The highest BCUT2D eigenvalue weighted by Crippen LogP contribution is 2.47. The quantitative estimate of drug-likeness (QED) is 0.164. The maximum Gasteiger partial charge on any atom is 0.139 e. The van der Waals surface area contributed by atoms with Gasteiger partial charge in [0.05, 0.1) is 27.8 Å². The van der Waals surface area contributed by atoms with Gasteiger partial charge >= 0.3 is 0 Å². The van der Waals surface area contributed by atoms with E-state index in [9.17, 15) is 0 Å². The van der Waals surface area contributed by atoms with Gasteiger partial charge in [0.1, 0.15) is 11.2 Å². The van der Waals surface area contributed by atoms with E-state index in [1.165, 1.54) is 21.5 Å². The number of benzene rings is 9. The van der Waals surface area contributed by atoms with Crippen molar-refractivity contribution in [2.24, 2.45) is 0 Å². The monoisotopic (exact) mass is 717 g/mol. The zero-order chi connectivity index (χ0) is 37.0. The van der Waals surface area contributed by atoms with Gasteiger partial charge < -0.3 is 18.8 Å². The van der Waals surface area contributed by atoms with Crippen LogP contribution in [0.25, 0.3) is 60.2 Å². The van der Waals surface area contributed by atoms with Gasteiger partial charge in [-0.15, -0.1) is 0 Å². The van der Waals surface area contributed by atoms with Crippen molar-refractivity contribution in [2.75, 3.05) is 9.80 Å². The van der Waals surface area contributed by atoms with Gasteiger partial charge in [-0.25, -0.2) is 0 Å². The number of para-hydroxylation sites is 5. The Morgan fingerprint density at radius 2 is 0.893 bits per heavy atom. The van der Waals surface area contributed by atoms with E-state index in [0.29, 0.717) is 0 Å². The zero-order valence-corrected chi connectivity index (χ0v) is 30.5. The molecule has 2 aromatic heterocycles. The fourth-order valence-electron chi connectivity index (χ4n) is 8.50. The Morgan fingerprint density at radius 3 is 1.54 bits per heavy atom. The third-order valence-electron chi connectivity index (χ3n) is 10.9. The Hall–Kier alpha value is -7.56. The average molecular weight is 718 g/mol. The minimum Gasteiger partial charge on any atom is -0.456 e. The molecule has 0 N–H and O–H groups in total. The first kappa shape index (κ1) is 31.9. The van der Waals surface area contributed by atoms with Crippen LogP contribution in [0.3, 0.4) is 0 Å². The van der Waals surface area contributed by atoms with Gasteiger partial charge in [-0.2, -0.15) is 0 Å². The molecule has 0 atom stereocenters. The molecule has 0 amide bonds. The highest BCUT2D eigenvalue weighted by molar-refractivity contribution is 6.22. The lowest BCUT2D eigenvalue weighted by Gasteiger charge is -2.27. The number of anilines is 6. The topological polar surface area (TPSA) is 24.6 Å². The summed E-state index contributed by atoms with van der Waals surface area (Å²) < 4.78 is 9.45. The molecule has 0 unspecified atom stereocenters. The van der Waals surface area contributed by atoms with E-state index < -0.39 is 0 Å². The minimum absolute atomic E-state index is 0.819. The van der Waals surface area contributed by atoms with Crippen LogP contribution in [0.1, 0.15) is 0 Å². The molecule has 0 bridgehead atoms. The fraction of sp³-hybridized carbons (Fsp3) is 0. The van der Waals surface area contributed by atoms with Crippen LogP contribution in [-0.4, -0.2) is 4.57 Å². The first-order chi connectivity index (χ1) is 27.8. The molecule has 56 heavy (non-hydrogen) atoms. The molecule has 0 saturated heterocycles. The highest BCUT2D eigenvalue weighted by atomic mass is 16.3. The molecule has 11 rings (SSSR count). The number of hydrogen-bond acceptors (Lipinski definition) is 3. The molecule has 0 aliphatic heterocycles. The second-order valence-electron chi connectivity index (χ2n) is 14.2. The lowest BCUT2D eigenvalue weighted by molar-refractivity contribution is 0.668. The molecule has 264 valence electrons. The van der Waals surface area contributed by atoms with Gasteiger partial charge in [0.25, 0.3) is 0 Å². The first-order valence-electron chi connectivity index (χ1n) is 19.0. The average Bonchev–Trinajstić information content (AvgIpc) is 3.81. The van der Waals surface area contributed by atoms with Gasteiger partial charge in [-0.1, -0.05) is 121 Å². The Morgan fingerprint density at radius 1 is 0.339 bits per heavy atom. The Labute approximate surface area is 324 Å². The molecule has 0 radical (unpaired) electrons. The molecule has 4 nitrogen and oxygen atoms in total. The van der Waals surface area contributed by atoms with Crippen LogP contribution in [0, 0.1) is 0 Å². The SMILES string of the molecule is c1ccc(N(c2ccccc2)c2ccc3c(c2)oc2cc(-n4c5ccccc5c5c6ccccc6ccc54)cc(N(c4ccccc4)c4ccccc4)c23)cc1. The van der Waals surface area contributed by atoms with Crippen molar-refractivity contribution in [1.82, 2.24) is 4.57 Å². The van der Waals surface area contributed by atoms with E-state index in [4.69, 9.17) is 4.42 Å². The maximum atomic E-state index is 7.04. The van der Waals surface area contributed by atoms with E-state index in [-0.39, 0.29) is 0 Å². The lowest BCUT2D eigenvalue weighted by Crippen LogP contribution is -2.11. The summed E-state index contributed by atoms with van der Waals surface area (Å²) in [5, 5.41) is 7.05. The second kappa shape index (κ2) is 13.1. The van der Waals surface area contributed by atoms with Crippen LogP contribution in [-0.2, 0) is 0 Å². The summed E-state index contributed by atoms with van der Waals surface area (Å²) >= 11 is 0. The molecule has 0 aliphatic rings. The molecule has 0 saturated carbocycles. The Kier molecular flexibility index (Phi) is 7.46. The second-order valence-corrected chi connectivity index (χ2v) is 14.2. The maximum absolute atomic E-state index is 7.04.